The maximum absolute atomic E-state index is 13.5. The van der Waals surface area contributed by atoms with Gasteiger partial charge >= 0.3 is 0 Å². The summed E-state index contributed by atoms with van der Waals surface area (Å²) in [5.74, 6) is -2.63. The van der Waals surface area contributed by atoms with Gasteiger partial charge in [-0.2, -0.15) is 0 Å². The van der Waals surface area contributed by atoms with Crippen LogP contribution in [0.15, 0.2) is 24.3 Å². The highest BCUT2D eigenvalue weighted by Crippen LogP contribution is 2.28. The van der Waals surface area contributed by atoms with Gasteiger partial charge in [-0.05, 0) is 57.4 Å². The number of rotatable bonds is 6. The van der Waals surface area contributed by atoms with Crippen molar-refractivity contribution >= 4 is 11.6 Å². The highest BCUT2D eigenvalue weighted by atomic mass is 19.2. The van der Waals surface area contributed by atoms with Crippen LogP contribution in [0, 0.1) is 29.3 Å². The smallest absolute Gasteiger partial charge is 0.223 e. The number of allylic oxidation sites excluding steroid dienone is 2. The fraction of sp³-hybridized carbons (Fsp3) is 0.625. The lowest BCUT2D eigenvalue weighted by atomic mass is 9.83. The molecule has 1 aromatic rings. The van der Waals surface area contributed by atoms with Crippen molar-refractivity contribution < 1.29 is 18.0 Å². The number of amides is 1. The van der Waals surface area contributed by atoms with E-state index in [0.29, 0.717) is 30.7 Å². The van der Waals surface area contributed by atoms with Crippen molar-refractivity contribution in [3.05, 3.63) is 41.7 Å². The van der Waals surface area contributed by atoms with Gasteiger partial charge in [0.1, 0.15) is 0 Å². The molecule has 2 fully saturated rings. The molecule has 170 valence electrons. The van der Waals surface area contributed by atoms with Gasteiger partial charge in [-0.25, -0.2) is 13.2 Å². The number of hydrogen-bond acceptors (Lipinski definition) is 3. The molecule has 1 aliphatic heterocycles. The second-order valence-corrected chi connectivity index (χ2v) is 9.21. The lowest BCUT2D eigenvalue weighted by Gasteiger charge is -2.37. The minimum absolute atomic E-state index is 0.138. The molecule has 1 aromatic carbocycles. The topological polar surface area (TPSA) is 35.6 Å². The normalized spacial score (nSPS) is 25.2. The summed E-state index contributed by atoms with van der Waals surface area (Å²) in [5.41, 5.74) is 0.407. The Hall–Kier alpha value is -2.02. The van der Waals surface area contributed by atoms with E-state index in [4.69, 9.17) is 0 Å². The monoisotopic (exact) mass is 435 g/mol. The molecule has 0 unspecified atom stereocenters. The Bertz CT molecular complexity index is 768. The number of carbonyl (C=O) groups is 1. The van der Waals surface area contributed by atoms with Crippen molar-refractivity contribution in [1.82, 2.24) is 10.2 Å². The van der Waals surface area contributed by atoms with Gasteiger partial charge < -0.3 is 10.2 Å². The number of benzene rings is 1. The largest absolute Gasteiger partial charge is 0.369 e. The fourth-order valence-electron chi connectivity index (χ4n) is 5.07. The maximum atomic E-state index is 13.5. The van der Waals surface area contributed by atoms with Crippen LogP contribution >= 0.6 is 0 Å². The Morgan fingerprint density at radius 1 is 0.935 bits per heavy atom. The first-order valence-electron chi connectivity index (χ1n) is 11.6. The first kappa shape index (κ1) is 22.2. The van der Waals surface area contributed by atoms with Gasteiger partial charge in [-0.15, -0.1) is 0 Å². The van der Waals surface area contributed by atoms with E-state index in [1.54, 1.807) is 0 Å². The minimum atomic E-state index is -1.41. The zero-order valence-corrected chi connectivity index (χ0v) is 18.0. The van der Waals surface area contributed by atoms with Gasteiger partial charge in [0.25, 0.3) is 0 Å². The van der Waals surface area contributed by atoms with Crippen LogP contribution in [0.3, 0.4) is 0 Å². The molecule has 1 saturated heterocycles. The lowest BCUT2D eigenvalue weighted by Crippen LogP contribution is -2.47. The molecule has 4 rings (SSSR count). The molecule has 2 aliphatic carbocycles. The van der Waals surface area contributed by atoms with Crippen LogP contribution in [0.2, 0.25) is 0 Å². The van der Waals surface area contributed by atoms with Gasteiger partial charge in [0.15, 0.2) is 17.5 Å². The standard InChI is InChI=1S/C24H32F3N3O/c25-21-15-20(16-22(26)23(21)27)30-13-11-29(12-14-30)10-9-17-5-7-19(8-6-17)28-24(31)18-3-1-2-4-18/h1-2,15-19H,3-14H2,(H,28,31)/t17-,19-. The van der Waals surface area contributed by atoms with Crippen LogP contribution in [0.1, 0.15) is 44.9 Å². The molecule has 1 saturated carbocycles. The van der Waals surface area contributed by atoms with Crippen LogP contribution in [-0.2, 0) is 4.79 Å². The number of nitrogens with zero attached hydrogens (tertiary/aromatic N) is 2. The van der Waals surface area contributed by atoms with Gasteiger partial charge in [0.05, 0.1) is 0 Å². The van der Waals surface area contributed by atoms with Crippen LogP contribution in [0.25, 0.3) is 0 Å². The summed E-state index contributed by atoms with van der Waals surface area (Å²) >= 11 is 0. The molecule has 0 atom stereocenters. The van der Waals surface area contributed by atoms with Crippen molar-refractivity contribution in [3.8, 4) is 0 Å². The van der Waals surface area contributed by atoms with Crippen molar-refractivity contribution in [2.75, 3.05) is 37.6 Å². The van der Waals surface area contributed by atoms with E-state index in [9.17, 15) is 18.0 Å². The van der Waals surface area contributed by atoms with Crippen LogP contribution < -0.4 is 10.2 Å². The molecule has 0 bridgehead atoms. The highest BCUT2D eigenvalue weighted by Gasteiger charge is 2.27. The van der Waals surface area contributed by atoms with Gasteiger partial charge in [0.2, 0.25) is 5.91 Å². The predicted molar refractivity (Wildman–Crippen MR) is 115 cm³/mol. The van der Waals surface area contributed by atoms with Crippen molar-refractivity contribution in [2.24, 2.45) is 11.8 Å². The number of carbonyl (C=O) groups excluding carboxylic acids is 1. The molecule has 4 nitrogen and oxygen atoms in total. The average molecular weight is 436 g/mol. The quantitative estimate of drug-likeness (QED) is 0.536. The first-order valence-corrected chi connectivity index (χ1v) is 11.6. The van der Waals surface area contributed by atoms with E-state index >= 15 is 0 Å². The van der Waals surface area contributed by atoms with Crippen LogP contribution in [0.5, 0.6) is 0 Å². The number of halogens is 3. The van der Waals surface area contributed by atoms with E-state index in [2.05, 4.69) is 22.4 Å². The van der Waals surface area contributed by atoms with Crippen molar-refractivity contribution in [2.45, 2.75) is 51.0 Å². The SMILES string of the molecule is O=C(N[C@H]1CC[C@H](CCN2CCN(c3cc(F)c(F)c(F)c3)CC2)CC1)C1CC=CC1. The molecule has 1 heterocycles. The Labute approximate surface area is 182 Å². The Balaban J connectivity index is 1.14. The Morgan fingerprint density at radius 2 is 1.55 bits per heavy atom. The summed E-state index contributed by atoms with van der Waals surface area (Å²) in [7, 11) is 0. The molecule has 7 heteroatoms. The molecular weight excluding hydrogens is 403 g/mol. The van der Waals surface area contributed by atoms with Crippen molar-refractivity contribution in [3.63, 3.8) is 0 Å². The first-order chi connectivity index (χ1) is 15.0. The summed E-state index contributed by atoms with van der Waals surface area (Å²) < 4.78 is 40.2. The van der Waals surface area contributed by atoms with Crippen molar-refractivity contribution in [1.29, 1.82) is 0 Å². The molecule has 3 aliphatic rings. The molecule has 31 heavy (non-hydrogen) atoms. The second kappa shape index (κ2) is 10.1. The summed E-state index contributed by atoms with van der Waals surface area (Å²) in [6, 6.07) is 2.48. The number of anilines is 1. The second-order valence-electron chi connectivity index (χ2n) is 9.21. The summed E-state index contributed by atoms with van der Waals surface area (Å²) in [5, 5.41) is 3.25. The molecule has 1 N–H and O–H groups in total. The number of hydrogen-bond donors (Lipinski definition) is 1. The van der Waals surface area contributed by atoms with E-state index in [1.165, 1.54) is 0 Å². The Morgan fingerprint density at radius 3 is 2.16 bits per heavy atom. The van der Waals surface area contributed by atoms with Gasteiger partial charge in [0, 0.05) is 56.0 Å². The summed E-state index contributed by atoms with van der Waals surface area (Å²) in [6.45, 7) is 4.05. The zero-order chi connectivity index (χ0) is 21.8. The third kappa shape index (κ3) is 5.62. The molecule has 1 amide bonds. The summed E-state index contributed by atoms with van der Waals surface area (Å²) in [4.78, 5) is 16.6. The third-order valence-corrected chi connectivity index (χ3v) is 7.13. The highest BCUT2D eigenvalue weighted by molar-refractivity contribution is 5.79. The van der Waals surface area contributed by atoms with Crippen LogP contribution in [0.4, 0.5) is 18.9 Å². The van der Waals surface area contributed by atoms with E-state index in [-0.39, 0.29) is 11.8 Å². The zero-order valence-electron chi connectivity index (χ0n) is 18.0. The molecular formula is C24H32F3N3O. The van der Waals surface area contributed by atoms with Crippen LogP contribution in [-0.4, -0.2) is 49.6 Å². The summed E-state index contributed by atoms with van der Waals surface area (Å²) in [6.07, 6.45) is 11.5. The number of nitrogens with one attached hydrogen (secondary N) is 1. The maximum Gasteiger partial charge on any atom is 0.223 e. The Kier molecular flexibility index (Phi) is 7.20. The van der Waals surface area contributed by atoms with E-state index < -0.39 is 17.5 Å². The van der Waals surface area contributed by atoms with E-state index in [1.807, 2.05) is 4.90 Å². The van der Waals surface area contributed by atoms with Gasteiger partial charge in [-0.1, -0.05) is 12.2 Å². The third-order valence-electron chi connectivity index (χ3n) is 7.13. The minimum Gasteiger partial charge on any atom is -0.369 e. The predicted octanol–water partition coefficient (Wildman–Crippen LogP) is 4.26. The number of piperazine rings is 1. The molecule has 0 radical (unpaired) electrons. The fourth-order valence-corrected chi connectivity index (χ4v) is 5.07. The van der Waals surface area contributed by atoms with Gasteiger partial charge in [-0.3, -0.25) is 9.69 Å². The average Bonchev–Trinajstić information content (AvgIpc) is 3.32. The molecule has 0 spiro atoms. The molecule has 0 aromatic heterocycles. The van der Waals surface area contributed by atoms with E-state index in [0.717, 1.165) is 76.7 Å². The lowest BCUT2D eigenvalue weighted by molar-refractivity contribution is -0.125.